The summed E-state index contributed by atoms with van der Waals surface area (Å²) >= 11 is 0.862. The Morgan fingerprint density at radius 2 is 1.67 bits per heavy atom. The Kier molecular flexibility index (Phi) is 4.43. The van der Waals surface area contributed by atoms with Crippen molar-refractivity contribution in [1.82, 2.24) is 4.98 Å². The number of fused-ring (bicyclic) bond motifs is 1. The van der Waals surface area contributed by atoms with Crippen molar-refractivity contribution < 1.29 is 18.3 Å². The van der Waals surface area contributed by atoms with Crippen LogP contribution in [0.5, 0.6) is 0 Å². The number of benzene rings is 2. The van der Waals surface area contributed by atoms with Crippen LogP contribution in [0.15, 0.2) is 60.7 Å². The maximum atomic E-state index is 13.5. The van der Waals surface area contributed by atoms with Crippen LogP contribution in [0.3, 0.4) is 0 Å². The zero-order valence-corrected chi connectivity index (χ0v) is 13.3. The minimum atomic E-state index is -4.82. The van der Waals surface area contributed by atoms with E-state index in [4.69, 9.17) is 0 Å². The molecule has 2 nitrogen and oxygen atoms in total. The standard InChI is InChI=1S/C18H14F3NOS/c19-18(20,21)17(23,12-6-9-13-7-2-1-3-8-13)16-22-14-10-4-5-11-15(14)24-16/h1-11,23H,12H2/b9-6+. The van der Waals surface area contributed by atoms with Gasteiger partial charge in [-0.1, -0.05) is 54.6 Å². The van der Waals surface area contributed by atoms with E-state index in [1.54, 1.807) is 54.6 Å². The molecule has 1 unspecified atom stereocenters. The summed E-state index contributed by atoms with van der Waals surface area (Å²) in [6, 6.07) is 15.7. The topological polar surface area (TPSA) is 33.1 Å². The Labute approximate surface area is 140 Å². The van der Waals surface area contributed by atoms with Gasteiger partial charge in [0, 0.05) is 6.42 Å². The molecule has 1 heterocycles. The average Bonchev–Trinajstić information content (AvgIpc) is 2.99. The van der Waals surface area contributed by atoms with Crippen LogP contribution < -0.4 is 0 Å². The van der Waals surface area contributed by atoms with E-state index in [0.717, 1.165) is 16.9 Å². The number of nitrogens with zero attached hydrogens (tertiary/aromatic N) is 1. The molecule has 0 amide bonds. The smallest absolute Gasteiger partial charge is 0.374 e. The van der Waals surface area contributed by atoms with E-state index in [9.17, 15) is 18.3 Å². The molecule has 0 saturated carbocycles. The predicted molar refractivity (Wildman–Crippen MR) is 89.7 cm³/mol. The summed E-state index contributed by atoms with van der Waals surface area (Å²) in [5, 5.41) is 10.0. The van der Waals surface area contributed by atoms with E-state index in [1.807, 2.05) is 6.07 Å². The van der Waals surface area contributed by atoms with Crippen molar-refractivity contribution in [1.29, 1.82) is 0 Å². The molecular weight excluding hydrogens is 335 g/mol. The van der Waals surface area contributed by atoms with Crippen LogP contribution in [0.2, 0.25) is 0 Å². The molecule has 2 aromatic carbocycles. The maximum Gasteiger partial charge on any atom is 0.424 e. The quantitative estimate of drug-likeness (QED) is 0.707. The van der Waals surface area contributed by atoms with Gasteiger partial charge in [0.15, 0.2) is 0 Å². The van der Waals surface area contributed by atoms with Gasteiger partial charge in [0.2, 0.25) is 5.60 Å². The van der Waals surface area contributed by atoms with Gasteiger partial charge in [0.1, 0.15) is 5.01 Å². The highest BCUT2D eigenvalue weighted by molar-refractivity contribution is 7.18. The number of hydrogen-bond donors (Lipinski definition) is 1. The SMILES string of the molecule is OC(C/C=C/c1ccccc1)(c1nc2ccccc2s1)C(F)(F)F. The number of aromatic nitrogens is 1. The Morgan fingerprint density at radius 3 is 2.33 bits per heavy atom. The summed E-state index contributed by atoms with van der Waals surface area (Å²) in [5.41, 5.74) is -1.78. The first kappa shape index (κ1) is 16.7. The molecule has 0 aliphatic carbocycles. The van der Waals surface area contributed by atoms with E-state index in [1.165, 1.54) is 6.08 Å². The fourth-order valence-corrected chi connectivity index (χ4v) is 3.39. The summed E-state index contributed by atoms with van der Waals surface area (Å²) in [7, 11) is 0. The fraction of sp³-hybridized carbons (Fsp3) is 0.167. The summed E-state index contributed by atoms with van der Waals surface area (Å²) < 4.78 is 41.2. The third-order valence-corrected chi connectivity index (χ3v) is 4.83. The molecule has 1 N–H and O–H groups in total. The first-order chi connectivity index (χ1) is 11.4. The second kappa shape index (κ2) is 6.37. The van der Waals surface area contributed by atoms with Gasteiger partial charge in [-0.25, -0.2) is 4.98 Å². The largest absolute Gasteiger partial charge is 0.424 e. The highest BCUT2D eigenvalue weighted by Gasteiger charge is 2.56. The molecule has 3 aromatic rings. The van der Waals surface area contributed by atoms with Crippen molar-refractivity contribution in [3.8, 4) is 0 Å². The molecule has 0 bridgehead atoms. The van der Waals surface area contributed by atoms with E-state index in [0.29, 0.717) is 10.2 Å². The van der Waals surface area contributed by atoms with Crippen LogP contribution in [-0.2, 0) is 5.60 Å². The first-order valence-corrected chi connectivity index (χ1v) is 8.08. The zero-order chi connectivity index (χ0) is 17.2. The normalized spacial score (nSPS) is 15.0. The number of rotatable bonds is 4. The average molecular weight is 349 g/mol. The van der Waals surface area contributed by atoms with Gasteiger partial charge in [0.05, 0.1) is 10.2 Å². The lowest BCUT2D eigenvalue weighted by Gasteiger charge is -2.27. The summed E-state index contributed by atoms with van der Waals surface area (Å²) in [5.74, 6) is 0. The van der Waals surface area contributed by atoms with E-state index < -0.39 is 18.2 Å². The van der Waals surface area contributed by atoms with Crippen molar-refractivity contribution in [2.45, 2.75) is 18.2 Å². The molecule has 3 rings (SSSR count). The predicted octanol–water partition coefficient (Wildman–Crippen LogP) is 5.15. The van der Waals surface area contributed by atoms with Gasteiger partial charge in [-0.15, -0.1) is 11.3 Å². The van der Waals surface area contributed by atoms with Crippen molar-refractivity contribution in [3.63, 3.8) is 0 Å². The van der Waals surface area contributed by atoms with Gasteiger partial charge in [-0.3, -0.25) is 0 Å². The van der Waals surface area contributed by atoms with Crippen LogP contribution in [0.25, 0.3) is 16.3 Å². The molecule has 0 radical (unpaired) electrons. The molecule has 24 heavy (non-hydrogen) atoms. The summed E-state index contributed by atoms with van der Waals surface area (Å²) in [6.07, 6.45) is -2.52. The van der Waals surface area contributed by atoms with Gasteiger partial charge >= 0.3 is 6.18 Å². The molecule has 1 aromatic heterocycles. The summed E-state index contributed by atoms with van der Waals surface area (Å²) in [6.45, 7) is 0. The van der Waals surface area contributed by atoms with Crippen LogP contribution >= 0.6 is 11.3 Å². The van der Waals surface area contributed by atoms with Crippen LogP contribution in [0.4, 0.5) is 13.2 Å². The Balaban J connectivity index is 1.94. The Bertz CT molecular complexity index is 824. The van der Waals surface area contributed by atoms with Crippen LogP contribution in [0.1, 0.15) is 17.0 Å². The molecule has 0 aliphatic rings. The minimum absolute atomic E-state index is 0.339. The number of hydrogen-bond acceptors (Lipinski definition) is 3. The molecular formula is C18H14F3NOS. The second-order valence-electron chi connectivity index (χ2n) is 5.36. The van der Waals surface area contributed by atoms with Gasteiger partial charge in [0.25, 0.3) is 0 Å². The second-order valence-corrected chi connectivity index (χ2v) is 6.39. The van der Waals surface area contributed by atoms with E-state index in [2.05, 4.69) is 4.98 Å². The molecule has 0 fully saturated rings. The maximum absolute atomic E-state index is 13.5. The molecule has 0 saturated heterocycles. The zero-order valence-electron chi connectivity index (χ0n) is 12.5. The first-order valence-electron chi connectivity index (χ1n) is 7.27. The summed E-state index contributed by atoms with van der Waals surface area (Å²) in [4.78, 5) is 3.99. The van der Waals surface area contributed by atoms with Crippen molar-refractivity contribution in [2.75, 3.05) is 0 Å². The lowest BCUT2D eigenvalue weighted by molar-refractivity contribution is -0.265. The third kappa shape index (κ3) is 3.20. The number of halogens is 3. The molecule has 1 atom stereocenters. The molecule has 124 valence electrons. The number of thiazole rings is 1. The fourth-order valence-electron chi connectivity index (χ4n) is 2.30. The Hall–Kier alpha value is -2.18. The highest BCUT2D eigenvalue weighted by atomic mass is 32.1. The van der Waals surface area contributed by atoms with Gasteiger partial charge in [-0.2, -0.15) is 13.2 Å². The van der Waals surface area contributed by atoms with Crippen molar-refractivity contribution >= 4 is 27.6 Å². The molecule has 6 heteroatoms. The lowest BCUT2D eigenvalue weighted by atomic mass is 9.99. The van der Waals surface area contributed by atoms with Crippen molar-refractivity contribution in [2.24, 2.45) is 0 Å². The van der Waals surface area contributed by atoms with Gasteiger partial charge in [-0.05, 0) is 17.7 Å². The molecule has 0 aliphatic heterocycles. The number of aliphatic hydroxyl groups is 1. The Morgan fingerprint density at radius 1 is 1.00 bits per heavy atom. The van der Waals surface area contributed by atoms with Crippen LogP contribution in [0, 0.1) is 0 Å². The van der Waals surface area contributed by atoms with Gasteiger partial charge < -0.3 is 5.11 Å². The van der Waals surface area contributed by atoms with E-state index >= 15 is 0 Å². The highest BCUT2D eigenvalue weighted by Crippen LogP contribution is 2.44. The number of alkyl halides is 3. The monoisotopic (exact) mass is 349 g/mol. The number of para-hydroxylation sites is 1. The molecule has 0 spiro atoms. The minimum Gasteiger partial charge on any atom is -0.374 e. The third-order valence-electron chi connectivity index (χ3n) is 3.64. The lowest BCUT2D eigenvalue weighted by Crippen LogP contribution is -2.41. The van der Waals surface area contributed by atoms with E-state index in [-0.39, 0.29) is 5.01 Å². The van der Waals surface area contributed by atoms with Crippen molar-refractivity contribution in [3.05, 3.63) is 71.2 Å². The van der Waals surface area contributed by atoms with Crippen LogP contribution in [-0.4, -0.2) is 16.3 Å².